The number of hydrogen-bond donors (Lipinski definition) is 1. The van der Waals surface area contributed by atoms with E-state index in [4.69, 9.17) is 0 Å². The van der Waals surface area contributed by atoms with Gasteiger partial charge in [0.15, 0.2) is 0 Å². The molecule has 0 radical (unpaired) electrons. The van der Waals surface area contributed by atoms with Crippen molar-refractivity contribution >= 4 is 36.0 Å². The van der Waals surface area contributed by atoms with Gasteiger partial charge >= 0.3 is 0 Å². The average Bonchev–Trinajstić information content (AvgIpc) is 2.82. The zero-order chi connectivity index (χ0) is 12.5. The largest absolute Gasteiger partial charge is 0.334 e. The second kappa shape index (κ2) is 6.33. The SMILES string of the molecule is Cl.O=C1CSCN1CC(=O)N1C2CCNCC1CC2. The third kappa shape index (κ3) is 3.01. The Hall–Kier alpha value is -0.460. The van der Waals surface area contributed by atoms with Crippen molar-refractivity contribution in [3.8, 4) is 0 Å². The topological polar surface area (TPSA) is 52.7 Å². The minimum atomic E-state index is 0. The number of hydrogen-bond acceptors (Lipinski definition) is 4. The molecule has 2 amide bonds. The summed E-state index contributed by atoms with van der Waals surface area (Å²) in [7, 11) is 0. The summed E-state index contributed by atoms with van der Waals surface area (Å²) >= 11 is 1.59. The van der Waals surface area contributed by atoms with Crippen LogP contribution in [0, 0.1) is 0 Å². The van der Waals surface area contributed by atoms with E-state index in [1.165, 1.54) is 0 Å². The van der Waals surface area contributed by atoms with E-state index in [1.807, 2.05) is 0 Å². The van der Waals surface area contributed by atoms with Crippen molar-refractivity contribution in [2.45, 2.75) is 31.3 Å². The molecule has 19 heavy (non-hydrogen) atoms. The molecule has 0 spiro atoms. The van der Waals surface area contributed by atoms with Crippen LogP contribution in [0.15, 0.2) is 0 Å². The number of carbonyl (C=O) groups excluding carboxylic acids is 2. The molecule has 0 aliphatic carbocycles. The van der Waals surface area contributed by atoms with Crippen LogP contribution in [0.1, 0.15) is 19.3 Å². The van der Waals surface area contributed by atoms with Crippen molar-refractivity contribution in [1.82, 2.24) is 15.1 Å². The monoisotopic (exact) mass is 305 g/mol. The van der Waals surface area contributed by atoms with Gasteiger partial charge in [0.05, 0.1) is 11.6 Å². The van der Waals surface area contributed by atoms with Crippen molar-refractivity contribution in [3.63, 3.8) is 0 Å². The molecule has 1 N–H and O–H groups in total. The summed E-state index contributed by atoms with van der Waals surface area (Å²) < 4.78 is 0. The molecule has 3 rings (SSSR count). The van der Waals surface area contributed by atoms with Gasteiger partial charge in [-0.25, -0.2) is 0 Å². The molecule has 108 valence electrons. The van der Waals surface area contributed by atoms with Gasteiger partial charge in [0.2, 0.25) is 11.8 Å². The molecule has 3 saturated heterocycles. The normalized spacial score (nSPS) is 30.2. The molecule has 0 saturated carbocycles. The van der Waals surface area contributed by atoms with Gasteiger partial charge in [0.25, 0.3) is 0 Å². The van der Waals surface area contributed by atoms with E-state index in [0.29, 0.717) is 23.7 Å². The van der Waals surface area contributed by atoms with Gasteiger partial charge in [-0.1, -0.05) is 0 Å². The number of nitrogens with zero attached hydrogens (tertiary/aromatic N) is 2. The van der Waals surface area contributed by atoms with E-state index >= 15 is 0 Å². The Morgan fingerprint density at radius 2 is 2.11 bits per heavy atom. The van der Waals surface area contributed by atoms with Crippen LogP contribution in [0.25, 0.3) is 0 Å². The van der Waals surface area contributed by atoms with Crippen LogP contribution in [0.5, 0.6) is 0 Å². The van der Waals surface area contributed by atoms with Crippen LogP contribution < -0.4 is 5.32 Å². The first-order chi connectivity index (χ1) is 8.75. The zero-order valence-electron chi connectivity index (χ0n) is 10.8. The lowest BCUT2D eigenvalue weighted by molar-refractivity contribution is -0.139. The fourth-order valence-corrected chi connectivity index (χ4v) is 4.08. The highest BCUT2D eigenvalue weighted by atomic mass is 35.5. The number of carbonyl (C=O) groups is 2. The Morgan fingerprint density at radius 3 is 2.84 bits per heavy atom. The fraction of sp³-hybridized carbons (Fsp3) is 0.833. The third-order valence-corrected chi connectivity index (χ3v) is 5.04. The smallest absolute Gasteiger partial charge is 0.242 e. The van der Waals surface area contributed by atoms with E-state index in [-0.39, 0.29) is 30.8 Å². The van der Waals surface area contributed by atoms with Crippen molar-refractivity contribution < 1.29 is 9.59 Å². The van der Waals surface area contributed by atoms with Gasteiger partial charge in [-0.2, -0.15) is 0 Å². The van der Waals surface area contributed by atoms with Crippen LogP contribution in [-0.4, -0.2) is 65.0 Å². The molecular formula is C12H20ClN3O2S. The van der Waals surface area contributed by atoms with Crippen LogP contribution in [0.3, 0.4) is 0 Å². The number of fused-ring (bicyclic) bond motifs is 2. The van der Waals surface area contributed by atoms with Gasteiger partial charge in [0, 0.05) is 18.6 Å². The summed E-state index contributed by atoms with van der Waals surface area (Å²) in [5, 5.41) is 3.39. The van der Waals surface area contributed by atoms with Crippen molar-refractivity contribution in [2.75, 3.05) is 31.3 Å². The second-order valence-electron chi connectivity index (χ2n) is 5.25. The molecule has 2 unspecified atom stereocenters. The summed E-state index contributed by atoms with van der Waals surface area (Å²) in [5.41, 5.74) is 0. The number of halogens is 1. The van der Waals surface area contributed by atoms with Gasteiger partial charge in [-0.3, -0.25) is 9.59 Å². The number of thioether (sulfide) groups is 1. The minimum Gasteiger partial charge on any atom is -0.334 e. The molecule has 2 atom stereocenters. The van der Waals surface area contributed by atoms with E-state index in [0.717, 1.165) is 32.4 Å². The first kappa shape index (κ1) is 14.9. The highest BCUT2D eigenvalue weighted by Crippen LogP contribution is 2.28. The highest BCUT2D eigenvalue weighted by molar-refractivity contribution is 8.00. The van der Waals surface area contributed by atoms with E-state index < -0.39 is 0 Å². The van der Waals surface area contributed by atoms with Crippen LogP contribution >= 0.6 is 24.2 Å². The third-order valence-electron chi connectivity index (χ3n) is 4.09. The number of amides is 2. The zero-order valence-corrected chi connectivity index (χ0v) is 12.5. The predicted octanol–water partition coefficient (Wildman–Crippen LogP) is 0.294. The maximum Gasteiger partial charge on any atom is 0.242 e. The van der Waals surface area contributed by atoms with Crippen molar-refractivity contribution in [2.24, 2.45) is 0 Å². The van der Waals surface area contributed by atoms with Gasteiger partial charge in [-0.15, -0.1) is 24.2 Å². The summed E-state index contributed by atoms with van der Waals surface area (Å²) in [4.78, 5) is 27.7. The summed E-state index contributed by atoms with van der Waals surface area (Å²) in [6.45, 7) is 2.19. The fourth-order valence-electron chi connectivity index (χ4n) is 3.17. The Kier molecular flexibility index (Phi) is 4.97. The lowest BCUT2D eigenvalue weighted by atomic mass is 10.1. The minimum absolute atomic E-state index is 0. The molecule has 2 bridgehead atoms. The standard InChI is InChI=1S/C12H19N3O2S.ClH/c16-11(6-14-8-18-7-12(14)17)15-9-1-2-10(15)5-13-4-3-9;/h9-10,13H,1-8H2;1H. The molecule has 5 nitrogen and oxygen atoms in total. The van der Waals surface area contributed by atoms with E-state index in [1.54, 1.807) is 16.7 Å². The molecule has 3 aliphatic rings. The van der Waals surface area contributed by atoms with Crippen molar-refractivity contribution in [1.29, 1.82) is 0 Å². The van der Waals surface area contributed by atoms with Gasteiger partial charge in [0.1, 0.15) is 6.54 Å². The van der Waals surface area contributed by atoms with Crippen LogP contribution in [-0.2, 0) is 9.59 Å². The Morgan fingerprint density at radius 1 is 1.32 bits per heavy atom. The first-order valence-corrected chi connectivity index (χ1v) is 7.78. The maximum atomic E-state index is 12.4. The van der Waals surface area contributed by atoms with E-state index in [2.05, 4.69) is 10.2 Å². The first-order valence-electron chi connectivity index (χ1n) is 6.63. The molecule has 3 heterocycles. The lowest BCUT2D eigenvalue weighted by Gasteiger charge is -2.29. The predicted molar refractivity (Wildman–Crippen MR) is 77.4 cm³/mol. The number of rotatable bonds is 2. The molecule has 3 aliphatic heterocycles. The Balaban J connectivity index is 0.00000133. The van der Waals surface area contributed by atoms with E-state index in [9.17, 15) is 9.59 Å². The molecule has 3 fully saturated rings. The quantitative estimate of drug-likeness (QED) is 0.797. The molecule has 7 heteroatoms. The summed E-state index contributed by atoms with van der Waals surface area (Å²) in [5.74, 6) is 1.45. The summed E-state index contributed by atoms with van der Waals surface area (Å²) in [6.07, 6.45) is 3.28. The van der Waals surface area contributed by atoms with Crippen LogP contribution in [0.2, 0.25) is 0 Å². The van der Waals surface area contributed by atoms with Gasteiger partial charge < -0.3 is 15.1 Å². The molecule has 0 aromatic carbocycles. The Bertz CT molecular complexity index is 355. The molecular weight excluding hydrogens is 286 g/mol. The lowest BCUT2D eigenvalue weighted by Crippen LogP contribution is -2.47. The summed E-state index contributed by atoms with van der Waals surface area (Å²) in [6, 6.07) is 0.734. The highest BCUT2D eigenvalue weighted by Gasteiger charge is 2.38. The number of nitrogens with one attached hydrogen (secondary N) is 1. The van der Waals surface area contributed by atoms with Crippen molar-refractivity contribution in [3.05, 3.63) is 0 Å². The second-order valence-corrected chi connectivity index (χ2v) is 6.20. The maximum absolute atomic E-state index is 12.4. The molecule has 0 aromatic heterocycles. The molecule has 0 aromatic rings. The van der Waals surface area contributed by atoms with Crippen LogP contribution in [0.4, 0.5) is 0 Å². The van der Waals surface area contributed by atoms with Gasteiger partial charge in [-0.05, 0) is 25.8 Å². The average molecular weight is 306 g/mol. The Labute approximate surface area is 123 Å².